The molecule has 164 valence electrons. The smallest absolute Gasteiger partial charge is 0.248 e. The average Bonchev–Trinajstić information content (AvgIpc) is 3.45. The molecular formula is C21H30ClN5O3. The number of rotatable bonds is 4. The van der Waals surface area contributed by atoms with Gasteiger partial charge in [-0.2, -0.15) is 0 Å². The number of imidazole rings is 2. The Morgan fingerprint density at radius 2 is 1.80 bits per heavy atom. The lowest BCUT2D eigenvalue weighted by Gasteiger charge is -2.05. The van der Waals surface area contributed by atoms with Gasteiger partial charge in [-0.1, -0.05) is 26.3 Å². The number of carbonyl (C=O) groups is 2. The summed E-state index contributed by atoms with van der Waals surface area (Å²) in [5.41, 5.74) is 0.0648. The van der Waals surface area contributed by atoms with Crippen LogP contribution in [0, 0.1) is 0 Å². The number of amides is 1. The van der Waals surface area contributed by atoms with Crippen molar-refractivity contribution in [3.8, 4) is 0 Å². The number of nitrogens with zero attached hydrogens (tertiary/aromatic N) is 5. The molecule has 3 rings (SSSR count). The Labute approximate surface area is 184 Å². The van der Waals surface area contributed by atoms with E-state index in [-0.39, 0.29) is 23.9 Å². The van der Waals surface area contributed by atoms with Crippen molar-refractivity contribution in [2.24, 2.45) is 7.05 Å². The molecule has 1 fully saturated rings. The Hall–Kier alpha value is -3.39. The van der Waals surface area contributed by atoms with Crippen LogP contribution in [0.25, 0.3) is 12.4 Å². The van der Waals surface area contributed by atoms with Crippen LogP contribution in [-0.2, 0) is 16.6 Å². The minimum absolute atomic E-state index is 0. The summed E-state index contributed by atoms with van der Waals surface area (Å²) in [6.45, 7) is 16.0. The summed E-state index contributed by atoms with van der Waals surface area (Å²) in [7, 11) is 1.97. The van der Waals surface area contributed by atoms with Gasteiger partial charge in [-0.05, 0) is 25.1 Å². The third kappa shape index (κ3) is 12.9. The van der Waals surface area contributed by atoms with Crippen LogP contribution in [-0.4, -0.2) is 37.4 Å². The number of aliphatic carboxylic acids is 1. The lowest BCUT2D eigenvalue weighted by Crippen LogP contribution is -2.23. The number of carbonyl (C=O) groups excluding carboxylic acids is 2. The molecule has 1 saturated heterocycles. The van der Waals surface area contributed by atoms with Crippen molar-refractivity contribution in [2.45, 2.75) is 19.8 Å². The number of carboxylic acids is 1. The van der Waals surface area contributed by atoms with Crippen LogP contribution in [0.3, 0.4) is 0 Å². The molecule has 0 atom stereocenters. The molecule has 1 amide bonds. The highest BCUT2D eigenvalue weighted by molar-refractivity contribution is 5.85. The summed E-state index contributed by atoms with van der Waals surface area (Å²) in [6, 6.07) is 0. The molecule has 0 radical (unpaired) electrons. The summed E-state index contributed by atoms with van der Waals surface area (Å²) < 4.78 is 5.63. The lowest BCUT2D eigenvalue weighted by molar-refractivity contribution is -0.670. The lowest BCUT2D eigenvalue weighted by atomic mass is 10.4. The number of hydrogen-bond acceptors (Lipinski definition) is 4. The second-order valence-electron chi connectivity index (χ2n) is 5.84. The zero-order valence-corrected chi connectivity index (χ0v) is 18.3. The predicted octanol–water partition coefficient (Wildman–Crippen LogP) is 1.88. The normalized spacial score (nSPS) is 11.1. The average molecular weight is 436 g/mol. The second kappa shape index (κ2) is 16.6. The first-order valence-corrected chi connectivity index (χ1v) is 8.79. The molecule has 0 N–H and O–H groups in total. The van der Waals surface area contributed by atoms with E-state index in [0.29, 0.717) is 6.42 Å². The van der Waals surface area contributed by atoms with Crippen LogP contribution in [0.15, 0.2) is 75.5 Å². The number of halogens is 1. The van der Waals surface area contributed by atoms with Gasteiger partial charge >= 0.3 is 0 Å². The van der Waals surface area contributed by atoms with E-state index in [1.807, 2.05) is 41.1 Å². The SMILES string of the molecule is C=C(C)C(=O)[O-].C=CN1CCCC1=O.C=Cn1cc[n+](C)c1.C=Cn1ccnc1.Cl. The van der Waals surface area contributed by atoms with Crippen LogP contribution in [0.1, 0.15) is 19.8 Å². The Bertz CT molecular complexity index is 800. The van der Waals surface area contributed by atoms with Crippen LogP contribution >= 0.6 is 12.4 Å². The minimum atomic E-state index is -1.19. The molecule has 9 heteroatoms. The van der Waals surface area contributed by atoms with E-state index in [1.165, 1.54) is 6.92 Å². The van der Waals surface area contributed by atoms with Gasteiger partial charge in [0.05, 0.1) is 25.5 Å². The molecule has 0 bridgehead atoms. The Morgan fingerprint density at radius 3 is 2.00 bits per heavy atom. The third-order valence-corrected chi connectivity index (χ3v) is 3.41. The quantitative estimate of drug-likeness (QED) is 0.542. The molecule has 1 aliphatic rings. The number of likely N-dealkylation sites (tertiary alicyclic amines) is 1. The highest BCUT2D eigenvalue weighted by Crippen LogP contribution is 2.08. The van der Waals surface area contributed by atoms with Crippen molar-refractivity contribution in [1.82, 2.24) is 19.0 Å². The van der Waals surface area contributed by atoms with Crippen molar-refractivity contribution in [1.29, 1.82) is 0 Å². The van der Waals surface area contributed by atoms with Gasteiger partial charge in [-0.3, -0.25) is 4.79 Å². The van der Waals surface area contributed by atoms with E-state index >= 15 is 0 Å². The summed E-state index contributed by atoms with van der Waals surface area (Å²) in [6.07, 6.45) is 17.8. The molecule has 1 aliphatic heterocycles. The van der Waals surface area contributed by atoms with Crippen LogP contribution in [0.2, 0.25) is 0 Å². The van der Waals surface area contributed by atoms with Crippen molar-refractivity contribution in [2.75, 3.05) is 6.54 Å². The van der Waals surface area contributed by atoms with Crippen LogP contribution < -0.4 is 9.67 Å². The topological polar surface area (TPSA) is 87.1 Å². The highest BCUT2D eigenvalue weighted by Gasteiger charge is 2.15. The zero-order valence-electron chi connectivity index (χ0n) is 17.5. The van der Waals surface area contributed by atoms with Gasteiger partial charge < -0.3 is 19.4 Å². The zero-order chi connectivity index (χ0) is 22.2. The first kappa shape index (κ1) is 28.8. The molecule has 0 unspecified atom stereocenters. The molecule has 0 saturated carbocycles. The first-order chi connectivity index (χ1) is 13.7. The number of aryl methyl sites for hydroxylation is 1. The van der Waals surface area contributed by atoms with Gasteiger partial charge in [0.2, 0.25) is 12.2 Å². The fourth-order valence-electron chi connectivity index (χ4n) is 1.82. The van der Waals surface area contributed by atoms with E-state index in [4.69, 9.17) is 0 Å². The molecule has 8 nitrogen and oxygen atoms in total. The third-order valence-electron chi connectivity index (χ3n) is 3.41. The fourth-order valence-corrected chi connectivity index (χ4v) is 1.82. The van der Waals surface area contributed by atoms with Gasteiger partial charge in [0.1, 0.15) is 12.4 Å². The molecule has 0 aliphatic carbocycles. The van der Waals surface area contributed by atoms with Gasteiger partial charge in [0, 0.05) is 31.6 Å². The minimum Gasteiger partial charge on any atom is -0.545 e. The maximum absolute atomic E-state index is 10.7. The predicted molar refractivity (Wildman–Crippen MR) is 119 cm³/mol. The van der Waals surface area contributed by atoms with Crippen molar-refractivity contribution < 1.29 is 19.3 Å². The van der Waals surface area contributed by atoms with Crippen molar-refractivity contribution >= 4 is 36.7 Å². The highest BCUT2D eigenvalue weighted by atomic mass is 35.5. The molecule has 30 heavy (non-hydrogen) atoms. The molecule has 3 heterocycles. The fraction of sp³-hybridized carbons (Fsp3) is 0.238. The maximum atomic E-state index is 10.7. The van der Waals surface area contributed by atoms with Gasteiger partial charge in [-0.15, -0.1) is 12.4 Å². The van der Waals surface area contributed by atoms with E-state index in [9.17, 15) is 14.7 Å². The van der Waals surface area contributed by atoms with E-state index in [2.05, 4.69) is 31.3 Å². The van der Waals surface area contributed by atoms with Crippen LogP contribution in [0.4, 0.5) is 0 Å². The summed E-state index contributed by atoms with van der Waals surface area (Å²) in [5.74, 6) is -0.977. The summed E-state index contributed by atoms with van der Waals surface area (Å²) in [4.78, 5) is 25.6. The Kier molecular flexibility index (Phi) is 15.9. The monoisotopic (exact) mass is 435 g/mol. The Morgan fingerprint density at radius 1 is 1.20 bits per heavy atom. The number of aromatic nitrogens is 4. The maximum Gasteiger partial charge on any atom is 0.248 e. The van der Waals surface area contributed by atoms with Gasteiger partial charge in [-0.25, -0.2) is 14.1 Å². The Balaban J connectivity index is 0. The molecule has 0 aromatic carbocycles. The molecule has 2 aromatic rings. The standard InChI is InChI=1S/C6H9N2.C6H9NO.C5H6N2.C4H6O2.ClH/c1-3-8-5-4-7(2)6-8;1-2-7-5-3-4-6(7)8;1-2-7-4-3-6-5-7;1-3(2)4(5)6;/h3-6H,1H2,2H3;2H,1,3-5H2;2-5H,1H2;1H2,2H3,(H,5,6);1H/q+1;;;;/p-1. The molecule has 2 aromatic heterocycles. The number of hydrogen-bond donors (Lipinski definition) is 0. The summed E-state index contributed by atoms with van der Waals surface area (Å²) >= 11 is 0. The van der Waals surface area contributed by atoms with Crippen molar-refractivity contribution in [3.05, 3.63) is 75.5 Å². The van der Waals surface area contributed by atoms with Crippen LogP contribution in [0.5, 0.6) is 0 Å². The van der Waals surface area contributed by atoms with E-state index in [0.717, 1.165) is 13.0 Å². The molecular weight excluding hydrogens is 406 g/mol. The van der Waals surface area contributed by atoms with Gasteiger partial charge in [0.25, 0.3) is 0 Å². The van der Waals surface area contributed by atoms with E-state index < -0.39 is 5.97 Å². The van der Waals surface area contributed by atoms with Gasteiger partial charge in [0.15, 0.2) is 0 Å². The first-order valence-electron chi connectivity index (χ1n) is 8.79. The molecule has 0 spiro atoms. The van der Waals surface area contributed by atoms with E-state index in [1.54, 1.807) is 40.6 Å². The number of carboxylic acid groups (broad SMARTS) is 1. The summed E-state index contributed by atoms with van der Waals surface area (Å²) in [5, 5.41) is 9.49. The van der Waals surface area contributed by atoms with Crippen molar-refractivity contribution in [3.63, 3.8) is 0 Å². The largest absolute Gasteiger partial charge is 0.545 e. The second-order valence-corrected chi connectivity index (χ2v) is 5.84.